The Morgan fingerprint density at radius 3 is 2.55 bits per heavy atom. The maximum Gasteiger partial charge on any atom is 0.314 e. The Labute approximate surface area is 235 Å². The van der Waals surface area contributed by atoms with E-state index in [-0.39, 0.29) is 18.0 Å². The second-order valence-electron chi connectivity index (χ2n) is 11.9. The fraction of sp³-hybridized carbons (Fsp3) is 0.516. The minimum atomic E-state index is -0.429. The number of carbonyl (C=O) groups is 2. The van der Waals surface area contributed by atoms with E-state index in [9.17, 15) is 14.0 Å². The molecule has 40 heavy (non-hydrogen) atoms. The first kappa shape index (κ1) is 28.1. The molecule has 2 aliphatic rings. The summed E-state index contributed by atoms with van der Waals surface area (Å²) in [7, 11) is 1.75. The van der Waals surface area contributed by atoms with E-state index < -0.39 is 5.82 Å². The SMILES string of the molecule is Cc1cncc2c1c(CC1CCN(CC3CCN(C(N)=O)CC3)C1)cn2-c1ccc(F)cc1C(=O)N(C)C(C)C. The number of rotatable bonds is 7. The number of nitrogens with zero attached hydrogens (tertiary/aromatic N) is 5. The first-order chi connectivity index (χ1) is 19.1. The van der Waals surface area contributed by atoms with Gasteiger partial charge < -0.3 is 25.0 Å². The molecule has 0 aliphatic carbocycles. The Hall–Kier alpha value is -3.46. The molecule has 2 aromatic heterocycles. The topological polar surface area (TPSA) is 87.7 Å². The maximum absolute atomic E-state index is 14.4. The lowest BCUT2D eigenvalue weighted by molar-refractivity contribution is 0.0754. The summed E-state index contributed by atoms with van der Waals surface area (Å²) in [6, 6.07) is 4.13. The van der Waals surface area contributed by atoms with Gasteiger partial charge in [0.05, 0.1) is 23.0 Å². The minimum absolute atomic E-state index is 0.00879. The van der Waals surface area contributed by atoms with Crippen LogP contribution in [0.2, 0.25) is 0 Å². The first-order valence-corrected chi connectivity index (χ1v) is 14.4. The number of nitrogens with two attached hydrogens (primary N) is 1. The molecule has 2 aliphatic heterocycles. The molecule has 1 atom stereocenters. The van der Waals surface area contributed by atoms with Gasteiger partial charge >= 0.3 is 6.03 Å². The molecule has 4 heterocycles. The van der Waals surface area contributed by atoms with Crippen molar-refractivity contribution in [3.8, 4) is 5.69 Å². The number of hydrogen-bond acceptors (Lipinski definition) is 4. The summed E-state index contributed by atoms with van der Waals surface area (Å²) < 4.78 is 16.4. The molecule has 214 valence electrons. The average molecular weight is 549 g/mol. The van der Waals surface area contributed by atoms with E-state index in [1.165, 1.54) is 17.7 Å². The third kappa shape index (κ3) is 5.70. The van der Waals surface area contributed by atoms with Gasteiger partial charge in [-0.05, 0) is 94.2 Å². The van der Waals surface area contributed by atoms with Crippen LogP contribution in [0.15, 0.2) is 36.8 Å². The number of primary amides is 1. The third-order valence-electron chi connectivity index (χ3n) is 8.85. The van der Waals surface area contributed by atoms with E-state index in [1.807, 2.05) is 30.8 Å². The number of urea groups is 1. The highest BCUT2D eigenvalue weighted by molar-refractivity contribution is 5.99. The van der Waals surface area contributed by atoms with Crippen molar-refractivity contribution in [2.24, 2.45) is 17.6 Å². The van der Waals surface area contributed by atoms with Gasteiger partial charge in [0.2, 0.25) is 0 Å². The van der Waals surface area contributed by atoms with Crippen molar-refractivity contribution in [2.75, 3.05) is 39.8 Å². The molecule has 0 radical (unpaired) electrons. The second kappa shape index (κ2) is 11.6. The van der Waals surface area contributed by atoms with Gasteiger partial charge in [-0.1, -0.05) is 0 Å². The number of pyridine rings is 1. The highest BCUT2D eigenvalue weighted by Crippen LogP contribution is 2.33. The number of carbonyl (C=O) groups excluding carboxylic acids is 2. The number of benzene rings is 1. The van der Waals surface area contributed by atoms with Crippen LogP contribution in [0.25, 0.3) is 16.6 Å². The van der Waals surface area contributed by atoms with Crippen LogP contribution in [0.1, 0.15) is 54.6 Å². The lowest BCUT2D eigenvalue weighted by Crippen LogP contribution is -2.43. The molecule has 3 aromatic rings. The van der Waals surface area contributed by atoms with E-state index in [4.69, 9.17) is 5.73 Å². The third-order valence-corrected chi connectivity index (χ3v) is 8.85. The molecule has 1 aromatic carbocycles. The molecule has 2 N–H and O–H groups in total. The van der Waals surface area contributed by atoms with Crippen molar-refractivity contribution >= 4 is 22.8 Å². The molecule has 0 saturated carbocycles. The van der Waals surface area contributed by atoms with Crippen molar-refractivity contribution in [1.82, 2.24) is 24.3 Å². The van der Waals surface area contributed by atoms with Gasteiger partial charge in [0.25, 0.3) is 5.91 Å². The average Bonchev–Trinajstić information content (AvgIpc) is 3.53. The molecule has 0 bridgehead atoms. The van der Waals surface area contributed by atoms with Gasteiger partial charge in [-0.3, -0.25) is 9.78 Å². The fourth-order valence-electron chi connectivity index (χ4n) is 6.37. The van der Waals surface area contributed by atoms with Gasteiger partial charge in [0, 0.05) is 57.0 Å². The smallest absolute Gasteiger partial charge is 0.314 e. The summed E-state index contributed by atoms with van der Waals surface area (Å²) in [5.41, 5.74) is 9.71. The molecule has 5 rings (SSSR count). The largest absolute Gasteiger partial charge is 0.351 e. The monoisotopic (exact) mass is 548 g/mol. The first-order valence-electron chi connectivity index (χ1n) is 14.4. The van der Waals surface area contributed by atoms with E-state index in [0.29, 0.717) is 23.1 Å². The Bertz CT molecular complexity index is 1390. The van der Waals surface area contributed by atoms with Gasteiger partial charge in [-0.25, -0.2) is 9.18 Å². The van der Waals surface area contributed by atoms with Crippen molar-refractivity contribution in [1.29, 1.82) is 0 Å². The number of halogens is 1. The Morgan fingerprint density at radius 2 is 1.85 bits per heavy atom. The van der Waals surface area contributed by atoms with E-state index in [0.717, 1.165) is 74.9 Å². The standard InChI is InChI=1S/C31H41FN6O2/c1-20(2)35(4)30(39)26-14-25(32)5-6-27(26)38-19-24(29-21(3)15-34-16-28(29)38)13-23-7-10-36(18-23)17-22-8-11-37(12-9-22)31(33)40/h5-6,14-16,19-20,22-23H,7-13,17-18H2,1-4H3,(H2,33,40). The van der Waals surface area contributed by atoms with Crippen LogP contribution in [0.3, 0.4) is 0 Å². The van der Waals surface area contributed by atoms with Gasteiger partial charge in [-0.2, -0.15) is 0 Å². The van der Waals surface area contributed by atoms with Crippen molar-refractivity contribution in [2.45, 2.75) is 52.5 Å². The highest BCUT2D eigenvalue weighted by atomic mass is 19.1. The van der Waals surface area contributed by atoms with E-state index in [2.05, 4.69) is 23.0 Å². The van der Waals surface area contributed by atoms with Crippen LogP contribution in [0.5, 0.6) is 0 Å². The highest BCUT2D eigenvalue weighted by Gasteiger charge is 2.29. The fourth-order valence-corrected chi connectivity index (χ4v) is 6.37. The molecular formula is C31H41FN6O2. The Balaban J connectivity index is 1.38. The van der Waals surface area contributed by atoms with Crippen molar-refractivity contribution in [3.63, 3.8) is 0 Å². The lowest BCUT2D eigenvalue weighted by atomic mass is 9.96. The zero-order chi connectivity index (χ0) is 28.6. The summed E-state index contributed by atoms with van der Waals surface area (Å²) >= 11 is 0. The molecule has 1 unspecified atom stereocenters. The minimum Gasteiger partial charge on any atom is -0.351 e. The maximum atomic E-state index is 14.4. The number of piperidine rings is 1. The predicted octanol–water partition coefficient (Wildman–Crippen LogP) is 4.61. The summed E-state index contributed by atoms with van der Waals surface area (Å²) in [5, 5.41) is 1.16. The van der Waals surface area contributed by atoms with Gasteiger partial charge in [-0.15, -0.1) is 0 Å². The van der Waals surface area contributed by atoms with E-state index >= 15 is 0 Å². The second-order valence-corrected chi connectivity index (χ2v) is 11.9. The Morgan fingerprint density at radius 1 is 1.12 bits per heavy atom. The normalized spacial score (nSPS) is 18.6. The van der Waals surface area contributed by atoms with E-state index in [1.54, 1.807) is 22.9 Å². The van der Waals surface area contributed by atoms with Crippen LogP contribution >= 0.6 is 0 Å². The zero-order valence-corrected chi connectivity index (χ0v) is 24.1. The van der Waals surface area contributed by atoms with Gasteiger partial charge in [0.15, 0.2) is 0 Å². The van der Waals surface area contributed by atoms with Crippen LogP contribution in [-0.4, -0.2) is 82.0 Å². The molecule has 2 fully saturated rings. The Kier molecular flexibility index (Phi) is 8.12. The number of fused-ring (bicyclic) bond motifs is 1. The van der Waals surface area contributed by atoms with Crippen LogP contribution in [0.4, 0.5) is 9.18 Å². The molecular weight excluding hydrogens is 507 g/mol. The number of aryl methyl sites for hydroxylation is 1. The lowest BCUT2D eigenvalue weighted by Gasteiger charge is -2.33. The molecule has 2 saturated heterocycles. The summed E-state index contributed by atoms with van der Waals surface area (Å²) in [5.74, 6) is 0.491. The molecule has 8 nitrogen and oxygen atoms in total. The zero-order valence-electron chi connectivity index (χ0n) is 24.1. The molecule has 3 amide bonds. The number of likely N-dealkylation sites (tertiary alicyclic amines) is 2. The summed E-state index contributed by atoms with van der Waals surface area (Å²) in [6.45, 7) is 10.7. The summed E-state index contributed by atoms with van der Waals surface area (Å²) in [4.78, 5) is 35.2. The summed E-state index contributed by atoms with van der Waals surface area (Å²) in [6.07, 6.45) is 9.94. The number of hydrogen-bond donors (Lipinski definition) is 1. The van der Waals surface area contributed by atoms with Crippen molar-refractivity contribution < 1.29 is 14.0 Å². The molecule has 0 spiro atoms. The van der Waals surface area contributed by atoms with Crippen LogP contribution in [-0.2, 0) is 6.42 Å². The quantitative estimate of drug-likeness (QED) is 0.467. The van der Waals surface area contributed by atoms with Crippen LogP contribution in [0, 0.1) is 24.6 Å². The molecule has 9 heteroatoms. The number of aromatic nitrogens is 2. The van der Waals surface area contributed by atoms with Crippen LogP contribution < -0.4 is 5.73 Å². The van der Waals surface area contributed by atoms with Gasteiger partial charge in [0.1, 0.15) is 5.82 Å². The predicted molar refractivity (Wildman–Crippen MR) is 155 cm³/mol. The number of amides is 3. The van der Waals surface area contributed by atoms with Crippen molar-refractivity contribution in [3.05, 3.63) is 59.3 Å².